The molecule has 1 atom stereocenters. The van der Waals surface area contributed by atoms with Crippen LogP contribution in [-0.4, -0.2) is 52.5 Å². The Kier molecular flexibility index (Phi) is 6.18. The Morgan fingerprint density at radius 2 is 1.91 bits per heavy atom. The second-order valence-electron chi connectivity index (χ2n) is 7.14. The summed E-state index contributed by atoms with van der Waals surface area (Å²) in [6.07, 6.45) is 1.52. The normalized spacial score (nSPS) is 15.8. The van der Waals surface area contributed by atoms with Crippen molar-refractivity contribution in [2.24, 2.45) is 0 Å². The van der Waals surface area contributed by atoms with Crippen molar-refractivity contribution in [1.82, 2.24) is 9.88 Å². The highest BCUT2D eigenvalue weighted by Gasteiger charge is 2.37. The molecule has 1 aliphatic rings. The molecule has 3 amide bonds. The van der Waals surface area contributed by atoms with Crippen LogP contribution in [-0.2, 0) is 19.1 Å². The van der Waals surface area contributed by atoms with E-state index in [-0.39, 0.29) is 28.8 Å². The van der Waals surface area contributed by atoms with Crippen LogP contribution in [0.15, 0.2) is 65.8 Å². The van der Waals surface area contributed by atoms with Gasteiger partial charge in [-0.1, -0.05) is 42.1 Å². The second-order valence-corrected chi connectivity index (χ2v) is 8.34. The van der Waals surface area contributed by atoms with Crippen molar-refractivity contribution in [3.63, 3.8) is 0 Å². The molecule has 1 unspecified atom stereocenters. The van der Waals surface area contributed by atoms with Gasteiger partial charge in [0, 0.05) is 25.4 Å². The number of nitrogens with one attached hydrogen (secondary N) is 1. The van der Waals surface area contributed by atoms with E-state index in [4.69, 9.17) is 4.74 Å². The lowest BCUT2D eigenvalue weighted by molar-refractivity contribution is -0.136. The van der Waals surface area contributed by atoms with E-state index in [0.29, 0.717) is 5.69 Å². The lowest BCUT2D eigenvalue weighted by Crippen LogP contribution is -2.26. The maximum atomic E-state index is 12.6. The summed E-state index contributed by atoms with van der Waals surface area (Å²) >= 11 is 1.04. The van der Waals surface area contributed by atoms with Crippen LogP contribution >= 0.6 is 11.8 Å². The number of anilines is 1. The number of ether oxygens (including phenoxy) is 1. The number of hydrogen-bond acceptors (Lipinski definition) is 7. The first-order valence-corrected chi connectivity index (χ1v) is 10.7. The molecule has 4 rings (SSSR count). The zero-order chi connectivity index (χ0) is 22.7. The van der Waals surface area contributed by atoms with Crippen molar-refractivity contribution in [1.29, 1.82) is 0 Å². The van der Waals surface area contributed by atoms with E-state index in [2.05, 4.69) is 10.3 Å². The Morgan fingerprint density at radius 1 is 1.12 bits per heavy atom. The van der Waals surface area contributed by atoms with Crippen LogP contribution in [0.25, 0.3) is 10.8 Å². The van der Waals surface area contributed by atoms with Gasteiger partial charge in [0.15, 0.2) is 6.61 Å². The number of amides is 3. The van der Waals surface area contributed by atoms with Crippen LogP contribution in [0.4, 0.5) is 5.69 Å². The van der Waals surface area contributed by atoms with Crippen LogP contribution < -0.4 is 5.32 Å². The van der Waals surface area contributed by atoms with Gasteiger partial charge in [0.05, 0.1) is 10.8 Å². The largest absolute Gasteiger partial charge is 0.452 e. The van der Waals surface area contributed by atoms with Crippen molar-refractivity contribution >= 4 is 51.9 Å². The lowest BCUT2D eigenvalue weighted by atomic mass is 10.1. The summed E-state index contributed by atoms with van der Waals surface area (Å²) in [4.78, 5) is 53.9. The first-order valence-electron chi connectivity index (χ1n) is 9.80. The van der Waals surface area contributed by atoms with Gasteiger partial charge < -0.3 is 10.1 Å². The number of thioether (sulfide) groups is 1. The second kappa shape index (κ2) is 9.19. The third kappa shape index (κ3) is 4.62. The molecule has 9 heteroatoms. The zero-order valence-corrected chi connectivity index (χ0v) is 17.9. The summed E-state index contributed by atoms with van der Waals surface area (Å²) in [7, 11) is 1.42. The molecule has 32 heavy (non-hydrogen) atoms. The molecule has 2 aromatic carbocycles. The Labute approximate surface area is 187 Å². The molecule has 0 spiro atoms. The molecule has 162 valence electrons. The fourth-order valence-corrected chi connectivity index (χ4v) is 4.42. The van der Waals surface area contributed by atoms with Gasteiger partial charge in [-0.3, -0.25) is 19.3 Å². The summed E-state index contributed by atoms with van der Waals surface area (Å²) in [5.74, 6) is -1.83. The topological polar surface area (TPSA) is 106 Å². The Bertz CT molecular complexity index is 1230. The zero-order valence-electron chi connectivity index (χ0n) is 17.1. The lowest BCUT2D eigenvalue weighted by Gasteiger charge is -2.11. The molecule has 1 aromatic heterocycles. The number of rotatable bonds is 6. The summed E-state index contributed by atoms with van der Waals surface area (Å²) in [6, 6.07) is 16.3. The van der Waals surface area contributed by atoms with E-state index in [1.54, 1.807) is 12.1 Å². The molecule has 0 radical (unpaired) electrons. The number of likely N-dealkylation sites (tertiary alicyclic amines) is 1. The predicted octanol–water partition coefficient (Wildman–Crippen LogP) is 2.88. The number of pyridine rings is 1. The standard InChI is InChI=1S/C23H19N3O5S/c1-26-20(28)12-18(22(26)29)32-21-17(7-4-10-24-21)23(30)31-13-19(27)25-16-9-8-14-5-2-3-6-15(14)11-16/h2-11,18H,12-13H2,1H3,(H,25,27). The molecule has 2 heterocycles. The first-order chi connectivity index (χ1) is 15.4. The van der Waals surface area contributed by atoms with Gasteiger partial charge in [-0.2, -0.15) is 0 Å². The maximum Gasteiger partial charge on any atom is 0.341 e. The van der Waals surface area contributed by atoms with Gasteiger partial charge >= 0.3 is 5.97 Å². The van der Waals surface area contributed by atoms with E-state index in [9.17, 15) is 19.2 Å². The third-order valence-electron chi connectivity index (χ3n) is 4.95. The number of carbonyl (C=O) groups is 4. The van der Waals surface area contributed by atoms with E-state index < -0.39 is 23.7 Å². The molecule has 8 nitrogen and oxygen atoms in total. The highest BCUT2D eigenvalue weighted by Crippen LogP contribution is 2.31. The predicted molar refractivity (Wildman–Crippen MR) is 119 cm³/mol. The molecule has 3 aromatic rings. The van der Waals surface area contributed by atoms with Gasteiger partial charge in [-0.15, -0.1) is 0 Å². The fourth-order valence-electron chi connectivity index (χ4n) is 3.26. The first kappa shape index (κ1) is 21.5. The van der Waals surface area contributed by atoms with Crippen molar-refractivity contribution in [3.8, 4) is 0 Å². The van der Waals surface area contributed by atoms with Crippen molar-refractivity contribution < 1.29 is 23.9 Å². The summed E-state index contributed by atoms with van der Waals surface area (Å²) < 4.78 is 5.16. The minimum Gasteiger partial charge on any atom is -0.452 e. The number of fused-ring (bicyclic) bond motifs is 1. The molecule has 0 saturated carbocycles. The number of imide groups is 1. The maximum absolute atomic E-state index is 12.6. The van der Waals surface area contributed by atoms with Gasteiger partial charge in [0.25, 0.3) is 5.91 Å². The summed E-state index contributed by atoms with van der Waals surface area (Å²) in [6.45, 7) is -0.478. The SMILES string of the molecule is CN1C(=O)CC(Sc2ncccc2C(=O)OCC(=O)Nc2ccc3ccccc3c2)C1=O. The van der Waals surface area contributed by atoms with Crippen molar-refractivity contribution in [2.45, 2.75) is 16.7 Å². The number of hydrogen-bond donors (Lipinski definition) is 1. The molecule has 0 aliphatic carbocycles. The third-order valence-corrected chi connectivity index (χ3v) is 6.15. The van der Waals surface area contributed by atoms with E-state index in [1.807, 2.05) is 36.4 Å². The molecule has 0 bridgehead atoms. The van der Waals surface area contributed by atoms with Crippen molar-refractivity contribution in [2.75, 3.05) is 19.0 Å². The number of nitrogens with zero attached hydrogens (tertiary/aromatic N) is 2. The molecular formula is C23H19N3O5S. The van der Waals surface area contributed by atoms with Crippen LogP contribution in [0.1, 0.15) is 16.8 Å². The Morgan fingerprint density at radius 3 is 2.66 bits per heavy atom. The van der Waals surface area contributed by atoms with E-state index in [1.165, 1.54) is 19.3 Å². The number of benzene rings is 2. The van der Waals surface area contributed by atoms with Gasteiger partial charge in [-0.05, 0) is 35.0 Å². The molecule has 1 N–H and O–H groups in total. The highest BCUT2D eigenvalue weighted by molar-refractivity contribution is 8.00. The fraction of sp³-hybridized carbons (Fsp3) is 0.174. The van der Waals surface area contributed by atoms with Crippen molar-refractivity contribution in [3.05, 3.63) is 66.4 Å². The number of carbonyl (C=O) groups excluding carboxylic acids is 4. The van der Waals surface area contributed by atoms with Gasteiger partial charge in [0.2, 0.25) is 11.8 Å². The minimum atomic E-state index is -0.737. The number of aromatic nitrogens is 1. The summed E-state index contributed by atoms with van der Waals surface area (Å²) in [5, 5.41) is 4.35. The van der Waals surface area contributed by atoms with E-state index >= 15 is 0 Å². The smallest absolute Gasteiger partial charge is 0.341 e. The average Bonchev–Trinajstić information content (AvgIpc) is 3.04. The molecular weight excluding hydrogens is 430 g/mol. The Hall–Kier alpha value is -3.72. The van der Waals surface area contributed by atoms with Crippen LogP contribution in [0.5, 0.6) is 0 Å². The minimum absolute atomic E-state index is 0.0409. The Balaban J connectivity index is 1.38. The van der Waals surface area contributed by atoms with Gasteiger partial charge in [-0.25, -0.2) is 9.78 Å². The summed E-state index contributed by atoms with van der Waals surface area (Å²) in [5.41, 5.74) is 0.724. The highest BCUT2D eigenvalue weighted by atomic mass is 32.2. The van der Waals surface area contributed by atoms with Crippen LogP contribution in [0.2, 0.25) is 0 Å². The van der Waals surface area contributed by atoms with Crippen LogP contribution in [0.3, 0.4) is 0 Å². The molecule has 1 aliphatic heterocycles. The quantitative estimate of drug-likeness (QED) is 0.456. The molecule has 1 fully saturated rings. The van der Waals surface area contributed by atoms with Crippen LogP contribution in [0, 0.1) is 0 Å². The molecule has 1 saturated heterocycles. The van der Waals surface area contributed by atoms with E-state index in [0.717, 1.165) is 27.4 Å². The van der Waals surface area contributed by atoms with Gasteiger partial charge in [0.1, 0.15) is 5.03 Å². The monoisotopic (exact) mass is 449 g/mol. The average molecular weight is 449 g/mol. The number of esters is 1.